The van der Waals surface area contributed by atoms with E-state index in [1.54, 1.807) is 6.07 Å². The van der Waals surface area contributed by atoms with Gasteiger partial charge in [0, 0.05) is 11.8 Å². The van der Waals surface area contributed by atoms with Crippen LogP contribution in [0.1, 0.15) is 10.4 Å². The third-order valence-corrected chi connectivity index (χ3v) is 3.68. The molecule has 18 heavy (non-hydrogen) atoms. The highest BCUT2D eigenvalue weighted by Gasteiger charge is 2.34. The highest BCUT2D eigenvalue weighted by atomic mass is 32.2. The normalized spacial score (nSPS) is 14.1. The summed E-state index contributed by atoms with van der Waals surface area (Å²) in [4.78, 5) is 11.9. The predicted octanol–water partition coefficient (Wildman–Crippen LogP) is 0.216. The van der Waals surface area contributed by atoms with E-state index >= 15 is 0 Å². The summed E-state index contributed by atoms with van der Waals surface area (Å²) in [6.45, 7) is 0. The van der Waals surface area contributed by atoms with Crippen LogP contribution in [0.15, 0.2) is 30.3 Å². The molecule has 0 aromatic heterocycles. The van der Waals surface area contributed by atoms with Crippen molar-refractivity contribution in [3.05, 3.63) is 35.9 Å². The van der Waals surface area contributed by atoms with Crippen molar-refractivity contribution in [2.75, 3.05) is 12.5 Å². The van der Waals surface area contributed by atoms with Crippen LogP contribution >= 0.6 is 0 Å². The van der Waals surface area contributed by atoms with Crippen LogP contribution in [0.4, 0.5) is 0 Å². The molecule has 1 aromatic carbocycles. The van der Waals surface area contributed by atoms with Crippen LogP contribution < -0.4 is 0 Å². The first-order valence-electron chi connectivity index (χ1n) is 4.77. The molecule has 0 aliphatic heterocycles. The molecule has 0 bridgehead atoms. The Labute approximate surface area is 106 Å². The van der Waals surface area contributed by atoms with E-state index in [9.17, 15) is 21.6 Å². The third-order valence-electron chi connectivity index (χ3n) is 1.92. The van der Waals surface area contributed by atoms with E-state index in [2.05, 4.69) is 4.18 Å². The Balaban J connectivity index is 3.18. The fourth-order valence-corrected chi connectivity index (χ4v) is 3.14. The Morgan fingerprint density at radius 1 is 1.06 bits per heavy atom. The van der Waals surface area contributed by atoms with Crippen molar-refractivity contribution in [3.63, 3.8) is 0 Å². The summed E-state index contributed by atoms with van der Waals surface area (Å²) in [6, 6.07) is 7.47. The molecule has 6 nitrogen and oxygen atoms in total. The Hall–Kier alpha value is -1.25. The average Bonchev–Trinajstić information content (AvgIpc) is 2.24. The second kappa shape index (κ2) is 5.17. The molecular weight excluding hydrogens is 280 g/mol. The largest absolute Gasteiger partial charge is 0.290 e. The lowest BCUT2D eigenvalue weighted by Crippen LogP contribution is -2.34. The summed E-state index contributed by atoms with van der Waals surface area (Å²) in [5.74, 6) is -0.913. The van der Waals surface area contributed by atoms with Gasteiger partial charge < -0.3 is 0 Å². The number of hydrogen-bond donors (Lipinski definition) is 0. The van der Waals surface area contributed by atoms with E-state index in [0.717, 1.165) is 6.26 Å². The monoisotopic (exact) mass is 292 g/mol. The zero-order valence-corrected chi connectivity index (χ0v) is 11.4. The molecule has 1 aromatic rings. The molecule has 8 heteroatoms. The summed E-state index contributed by atoms with van der Waals surface area (Å²) in [6.07, 6.45) is 1.42. The van der Waals surface area contributed by atoms with Gasteiger partial charge in [0.25, 0.3) is 10.1 Å². The minimum Gasteiger partial charge on any atom is -0.290 e. The highest BCUT2D eigenvalue weighted by Crippen LogP contribution is 2.13. The lowest BCUT2D eigenvalue weighted by molar-refractivity contribution is 0.0889. The van der Waals surface area contributed by atoms with Gasteiger partial charge in [0.1, 0.15) is 0 Å². The number of carbonyl (C=O) groups excluding carboxylic acids is 1. The summed E-state index contributed by atoms with van der Waals surface area (Å²) in [5, 5.41) is 0. The van der Waals surface area contributed by atoms with E-state index in [0.29, 0.717) is 6.26 Å². The molecule has 0 aliphatic carbocycles. The molecule has 100 valence electrons. The van der Waals surface area contributed by atoms with E-state index < -0.39 is 31.2 Å². The molecule has 0 radical (unpaired) electrons. The predicted molar refractivity (Wildman–Crippen MR) is 65.3 cm³/mol. The first-order valence-corrected chi connectivity index (χ1v) is 8.55. The van der Waals surface area contributed by atoms with Crippen molar-refractivity contribution in [2.45, 2.75) is 5.44 Å². The van der Waals surface area contributed by atoms with Crippen LogP contribution in [-0.2, 0) is 24.1 Å². The maximum Gasteiger partial charge on any atom is 0.266 e. The number of hydrogen-bond acceptors (Lipinski definition) is 6. The minimum absolute atomic E-state index is 0.0663. The number of benzene rings is 1. The Kier molecular flexibility index (Phi) is 4.25. The number of ketones is 1. The fourth-order valence-electron chi connectivity index (χ4n) is 1.21. The Morgan fingerprint density at radius 3 is 1.94 bits per heavy atom. The summed E-state index contributed by atoms with van der Waals surface area (Å²) in [7, 11) is -8.06. The van der Waals surface area contributed by atoms with E-state index in [4.69, 9.17) is 0 Å². The highest BCUT2D eigenvalue weighted by molar-refractivity contribution is 7.93. The van der Waals surface area contributed by atoms with Gasteiger partial charge in [-0.2, -0.15) is 8.42 Å². The van der Waals surface area contributed by atoms with Gasteiger partial charge in [0.15, 0.2) is 9.84 Å². The number of sulfone groups is 1. The van der Waals surface area contributed by atoms with E-state index in [-0.39, 0.29) is 5.56 Å². The Morgan fingerprint density at radius 2 is 1.56 bits per heavy atom. The second-order valence-corrected chi connectivity index (χ2v) is 7.38. The molecular formula is C10H12O6S2. The molecule has 0 heterocycles. The second-order valence-electron chi connectivity index (χ2n) is 3.69. The van der Waals surface area contributed by atoms with Crippen molar-refractivity contribution in [1.82, 2.24) is 0 Å². The standard InChI is InChI=1S/C10H12O6S2/c1-17(12,13)10(16-18(2,14)15)9(11)8-6-4-3-5-7-8/h3-7,10H,1-2H3. The minimum atomic E-state index is -4.06. The number of carbonyl (C=O) groups is 1. The average molecular weight is 292 g/mol. The molecule has 0 spiro atoms. The maximum absolute atomic E-state index is 11.9. The zero-order chi connectivity index (χ0) is 14.0. The van der Waals surface area contributed by atoms with Crippen LogP contribution in [0.25, 0.3) is 0 Å². The molecule has 0 aliphatic rings. The van der Waals surface area contributed by atoms with Crippen molar-refractivity contribution in [1.29, 1.82) is 0 Å². The van der Waals surface area contributed by atoms with Gasteiger partial charge in [-0.1, -0.05) is 30.3 Å². The van der Waals surface area contributed by atoms with Crippen LogP contribution in [-0.4, -0.2) is 40.6 Å². The quantitative estimate of drug-likeness (QED) is 0.569. The molecule has 0 saturated heterocycles. The van der Waals surface area contributed by atoms with Gasteiger partial charge in [-0.25, -0.2) is 12.6 Å². The first kappa shape index (κ1) is 14.8. The molecule has 1 unspecified atom stereocenters. The lowest BCUT2D eigenvalue weighted by Gasteiger charge is -2.13. The molecule has 1 atom stereocenters. The van der Waals surface area contributed by atoms with Gasteiger partial charge in [-0.05, 0) is 0 Å². The maximum atomic E-state index is 11.9. The summed E-state index contributed by atoms with van der Waals surface area (Å²) >= 11 is 0. The molecule has 1 rings (SSSR count). The number of Topliss-reactive ketones (excluding diaryl/α,β-unsaturated/α-hetero) is 1. The fraction of sp³-hybridized carbons (Fsp3) is 0.300. The molecule has 0 fully saturated rings. The smallest absolute Gasteiger partial charge is 0.266 e. The summed E-state index contributed by atoms with van der Waals surface area (Å²) in [5.41, 5.74) is -1.98. The first-order chi connectivity index (χ1) is 8.11. The van der Waals surface area contributed by atoms with Crippen LogP contribution in [0.5, 0.6) is 0 Å². The molecule has 0 saturated carbocycles. The lowest BCUT2D eigenvalue weighted by atomic mass is 10.1. The van der Waals surface area contributed by atoms with Crippen LogP contribution in [0.3, 0.4) is 0 Å². The Bertz CT molecular complexity index is 630. The third kappa shape index (κ3) is 4.21. The van der Waals surface area contributed by atoms with Gasteiger partial charge in [-0.3, -0.25) is 4.79 Å². The van der Waals surface area contributed by atoms with Crippen LogP contribution in [0.2, 0.25) is 0 Å². The number of rotatable bonds is 5. The van der Waals surface area contributed by atoms with Gasteiger partial charge in [0.05, 0.1) is 6.26 Å². The van der Waals surface area contributed by atoms with Crippen molar-refractivity contribution < 1.29 is 25.8 Å². The molecule has 0 amide bonds. The SMILES string of the molecule is CS(=O)(=O)OC(C(=O)c1ccccc1)S(C)(=O)=O. The van der Waals surface area contributed by atoms with Crippen LogP contribution in [0, 0.1) is 0 Å². The van der Waals surface area contributed by atoms with Crippen molar-refractivity contribution in [3.8, 4) is 0 Å². The van der Waals surface area contributed by atoms with Crippen molar-refractivity contribution in [2.24, 2.45) is 0 Å². The van der Waals surface area contributed by atoms with Gasteiger partial charge in [-0.15, -0.1) is 0 Å². The topological polar surface area (TPSA) is 94.6 Å². The zero-order valence-electron chi connectivity index (χ0n) is 9.73. The van der Waals surface area contributed by atoms with Crippen molar-refractivity contribution >= 4 is 25.7 Å². The summed E-state index contributed by atoms with van der Waals surface area (Å²) < 4.78 is 49.2. The molecule has 0 N–H and O–H groups in total. The van der Waals surface area contributed by atoms with Gasteiger partial charge in [0.2, 0.25) is 11.2 Å². The van der Waals surface area contributed by atoms with E-state index in [1.165, 1.54) is 24.3 Å². The van der Waals surface area contributed by atoms with Gasteiger partial charge >= 0.3 is 0 Å². The van der Waals surface area contributed by atoms with E-state index in [1.807, 2.05) is 0 Å².